The lowest BCUT2D eigenvalue weighted by Crippen LogP contribution is -2.23. The fourth-order valence-electron chi connectivity index (χ4n) is 1.88. The lowest BCUT2D eigenvalue weighted by molar-refractivity contribution is 0.778. The largest absolute Gasteiger partial charge is 0.365 e. The molecule has 1 atom stereocenters. The summed E-state index contributed by atoms with van der Waals surface area (Å²) < 4.78 is 1.78. The number of hydrogen-bond donors (Lipinski definition) is 2. The molecule has 1 unspecified atom stereocenters. The molecule has 0 spiro atoms. The second-order valence-corrected chi connectivity index (χ2v) is 3.78. The number of fused-ring (bicyclic) bond motifs is 1. The van der Waals surface area contributed by atoms with Crippen molar-refractivity contribution in [2.75, 3.05) is 18.4 Å². The van der Waals surface area contributed by atoms with Gasteiger partial charge in [0.2, 0.25) is 0 Å². The summed E-state index contributed by atoms with van der Waals surface area (Å²) in [6.45, 7) is 2.11. The average molecular weight is 203 g/mol. The molecule has 1 aliphatic rings. The van der Waals surface area contributed by atoms with E-state index >= 15 is 0 Å². The maximum atomic E-state index is 4.41. The molecule has 5 heteroatoms. The normalized spacial score (nSPS) is 20.9. The van der Waals surface area contributed by atoms with Gasteiger partial charge in [-0.25, -0.2) is 9.50 Å². The van der Waals surface area contributed by atoms with Crippen LogP contribution in [0.5, 0.6) is 0 Å². The van der Waals surface area contributed by atoms with Crippen molar-refractivity contribution in [3.8, 4) is 0 Å². The Bertz CT molecular complexity index is 458. The van der Waals surface area contributed by atoms with Crippen LogP contribution in [-0.2, 0) is 0 Å². The Kier molecular flexibility index (Phi) is 2.03. The van der Waals surface area contributed by atoms with Crippen molar-refractivity contribution in [1.82, 2.24) is 19.9 Å². The molecule has 0 aromatic carbocycles. The maximum absolute atomic E-state index is 4.41. The number of anilines is 1. The maximum Gasteiger partial charge on any atom is 0.153 e. The van der Waals surface area contributed by atoms with E-state index in [4.69, 9.17) is 0 Å². The van der Waals surface area contributed by atoms with Gasteiger partial charge < -0.3 is 10.6 Å². The SMILES string of the molecule is c1cn2nc(NC3CCNC3)ccc2n1. The fraction of sp³-hybridized carbons (Fsp3) is 0.400. The summed E-state index contributed by atoms with van der Waals surface area (Å²) in [5.74, 6) is 0.911. The monoisotopic (exact) mass is 203 g/mol. The molecule has 15 heavy (non-hydrogen) atoms. The highest BCUT2D eigenvalue weighted by Gasteiger charge is 2.14. The molecule has 0 radical (unpaired) electrons. The first-order valence-electron chi connectivity index (χ1n) is 5.19. The summed E-state index contributed by atoms with van der Waals surface area (Å²) in [6.07, 6.45) is 4.76. The van der Waals surface area contributed by atoms with Crippen molar-refractivity contribution in [3.05, 3.63) is 24.5 Å². The smallest absolute Gasteiger partial charge is 0.153 e. The quantitative estimate of drug-likeness (QED) is 0.746. The predicted molar refractivity (Wildman–Crippen MR) is 57.9 cm³/mol. The zero-order chi connectivity index (χ0) is 10.1. The molecule has 1 fully saturated rings. The van der Waals surface area contributed by atoms with Crippen molar-refractivity contribution in [1.29, 1.82) is 0 Å². The Balaban J connectivity index is 1.84. The van der Waals surface area contributed by atoms with Gasteiger partial charge in [-0.2, -0.15) is 0 Å². The van der Waals surface area contributed by atoms with E-state index in [-0.39, 0.29) is 0 Å². The number of nitrogens with zero attached hydrogens (tertiary/aromatic N) is 3. The minimum atomic E-state index is 0.499. The predicted octanol–water partition coefficient (Wildman–Crippen LogP) is 0.503. The van der Waals surface area contributed by atoms with Crippen LogP contribution in [0.1, 0.15) is 6.42 Å². The van der Waals surface area contributed by atoms with Crippen molar-refractivity contribution >= 4 is 11.5 Å². The van der Waals surface area contributed by atoms with Crippen molar-refractivity contribution in [2.24, 2.45) is 0 Å². The molecule has 5 nitrogen and oxygen atoms in total. The van der Waals surface area contributed by atoms with E-state index in [2.05, 4.69) is 20.7 Å². The molecule has 2 aromatic heterocycles. The van der Waals surface area contributed by atoms with Crippen LogP contribution in [0.15, 0.2) is 24.5 Å². The first kappa shape index (κ1) is 8.67. The lowest BCUT2D eigenvalue weighted by atomic mass is 10.2. The second kappa shape index (κ2) is 3.51. The van der Waals surface area contributed by atoms with Crippen molar-refractivity contribution < 1.29 is 0 Å². The molecule has 78 valence electrons. The molecule has 1 saturated heterocycles. The Morgan fingerprint density at radius 3 is 3.33 bits per heavy atom. The molecule has 2 aromatic rings. The van der Waals surface area contributed by atoms with Crippen LogP contribution in [0.2, 0.25) is 0 Å². The zero-order valence-corrected chi connectivity index (χ0v) is 8.35. The van der Waals surface area contributed by atoms with E-state index in [1.54, 1.807) is 10.7 Å². The zero-order valence-electron chi connectivity index (χ0n) is 8.35. The summed E-state index contributed by atoms with van der Waals surface area (Å²) in [4.78, 5) is 4.15. The van der Waals surface area contributed by atoms with Gasteiger partial charge in [-0.3, -0.25) is 0 Å². The van der Waals surface area contributed by atoms with Gasteiger partial charge in [0.1, 0.15) is 5.82 Å². The van der Waals surface area contributed by atoms with Crippen LogP contribution >= 0.6 is 0 Å². The van der Waals surface area contributed by atoms with E-state index in [1.807, 2.05) is 18.3 Å². The van der Waals surface area contributed by atoms with Gasteiger partial charge in [0.05, 0.1) is 0 Å². The van der Waals surface area contributed by atoms with Crippen LogP contribution < -0.4 is 10.6 Å². The average Bonchev–Trinajstić information content (AvgIpc) is 2.87. The van der Waals surface area contributed by atoms with Gasteiger partial charge in [0.25, 0.3) is 0 Å². The second-order valence-electron chi connectivity index (χ2n) is 3.78. The third kappa shape index (κ3) is 1.66. The molecule has 0 amide bonds. The van der Waals surface area contributed by atoms with Crippen molar-refractivity contribution in [2.45, 2.75) is 12.5 Å². The number of imidazole rings is 1. The van der Waals surface area contributed by atoms with E-state index < -0.39 is 0 Å². The molecular weight excluding hydrogens is 190 g/mol. The molecule has 3 heterocycles. The minimum Gasteiger partial charge on any atom is -0.365 e. The van der Waals surface area contributed by atoms with Crippen molar-refractivity contribution in [3.63, 3.8) is 0 Å². The number of nitrogens with one attached hydrogen (secondary N) is 2. The van der Waals surface area contributed by atoms with Gasteiger partial charge >= 0.3 is 0 Å². The summed E-state index contributed by atoms with van der Waals surface area (Å²) in [6, 6.07) is 4.44. The van der Waals surface area contributed by atoms with Gasteiger partial charge in [0.15, 0.2) is 5.65 Å². The summed E-state index contributed by atoms with van der Waals surface area (Å²) in [5.41, 5.74) is 0.880. The van der Waals surface area contributed by atoms with Crippen LogP contribution in [0.3, 0.4) is 0 Å². The Morgan fingerprint density at radius 2 is 2.47 bits per heavy atom. The summed E-state index contributed by atoms with van der Waals surface area (Å²) >= 11 is 0. The van der Waals surface area contributed by atoms with E-state index in [0.29, 0.717) is 6.04 Å². The standard InChI is InChI=1S/C10H13N5/c1-2-10-12-5-6-15(10)14-9(1)13-8-3-4-11-7-8/h1-2,5-6,8,11H,3-4,7H2,(H,13,14). The van der Waals surface area contributed by atoms with E-state index in [9.17, 15) is 0 Å². The van der Waals surface area contributed by atoms with E-state index in [1.165, 1.54) is 0 Å². The number of rotatable bonds is 2. The first-order chi connectivity index (χ1) is 7.42. The third-order valence-electron chi connectivity index (χ3n) is 2.67. The van der Waals surface area contributed by atoms with Crippen LogP contribution in [0.25, 0.3) is 5.65 Å². The van der Waals surface area contributed by atoms with E-state index in [0.717, 1.165) is 31.0 Å². The molecular formula is C10H13N5. The van der Waals surface area contributed by atoms with Gasteiger partial charge in [-0.05, 0) is 25.1 Å². The van der Waals surface area contributed by atoms with Gasteiger partial charge in [-0.15, -0.1) is 5.10 Å². The Labute approximate surface area is 87.5 Å². The summed E-state index contributed by atoms with van der Waals surface area (Å²) in [5, 5.41) is 11.1. The van der Waals surface area contributed by atoms with Crippen LogP contribution in [0.4, 0.5) is 5.82 Å². The molecule has 1 aliphatic heterocycles. The Hall–Kier alpha value is -1.62. The molecule has 3 rings (SSSR count). The number of hydrogen-bond acceptors (Lipinski definition) is 4. The highest BCUT2D eigenvalue weighted by molar-refractivity contribution is 5.44. The number of aromatic nitrogens is 3. The van der Waals surface area contributed by atoms with Gasteiger partial charge in [-0.1, -0.05) is 0 Å². The lowest BCUT2D eigenvalue weighted by Gasteiger charge is -2.11. The summed E-state index contributed by atoms with van der Waals surface area (Å²) in [7, 11) is 0. The fourth-order valence-corrected chi connectivity index (χ4v) is 1.88. The van der Waals surface area contributed by atoms with Crippen LogP contribution in [-0.4, -0.2) is 33.7 Å². The van der Waals surface area contributed by atoms with Gasteiger partial charge in [0, 0.05) is 25.0 Å². The third-order valence-corrected chi connectivity index (χ3v) is 2.67. The molecule has 0 bridgehead atoms. The minimum absolute atomic E-state index is 0.499. The highest BCUT2D eigenvalue weighted by Crippen LogP contribution is 2.09. The Morgan fingerprint density at radius 1 is 1.47 bits per heavy atom. The molecule has 0 saturated carbocycles. The molecule has 0 aliphatic carbocycles. The first-order valence-corrected chi connectivity index (χ1v) is 5.19. The highest BCUT2D eigenvalue weighted by atomic mass is 15.3. The topological polar surface area (TPSA) is 54.2 Å². The molecule has 2 N–H and O–H groups in total. The van der Waals surface area contributed by atoms with Crippen LogP contribution in [0, 0.1) is 0 Å².